The van der Waals surface area contributed by atoms with Crippen LogP contribution >= 0.6 is 0 Å². The number of benzene rings is 2. The number of nitrogens with one attached hydrogen (secondary N) is 1. The maximum atomic E-state index is 10.3. The first-order chi connectivity index (χ1) is 12.7. The van der Waals surface area contributed by atoms with Gasteiger partial charge in [0.2, 0.25) is 0 Å². The monoisotopic (exact) mass is 455 g/mol. The van der Waals surface area contributed by atoms with Crippen LogP contribution < -0.4 is 10.2 Å². The summed E-state index contributed by atoms with van der Waals surface area (Å²) in [6, 6.07) is 16.7. The van der Waals surface area contributed by atoms with Crippen LogP contribution in [-0.2, 0) is 24.2 Å². The summed E-state index contributed by atoms with van der Waals surface area (Å²) in [6.07, 6.45) is 10.0. The zero-order valence-corrected chi connectivity index (χ0v) is 19.7. The first kappa shape index (κ1) is 27.4. The van der Waals surface area contributed by atoms with Crippen molar-refractivity contribution in [3.05, 3.63) is 96.9 Å². The average Bonchev–Trinajstić information content (AvgIpc) is 3.16. The van der Waals surface area contributed by atoms with Crippen molar-refractivity contribution in [2.24, 2.45) is 0 Å². The Hall–Kier alpha value is -1.77. The Kier molecular flexibility index (Phi) is 19.3. The second kappa shape index (κ2) is 19.0. The quantitative estimate of drug-likeness (QED) is 0.421. The van der Waals surface area contributed by atoms with Crippen LogP contribution in [0, 0.1) is 6.08 Å². The van der Waals surface area contributed by atoms with Crippen molar-refractivity contribution in [2.45, 2.75) is 26.1 Å². The van der Waals surface area contributed by atoms with Crippen LogP contribution in [0.2, 0.25) is 19.6 Å². The molecule has 27 heavy (non-hydrogen) atoms. The van der Waals surface area contributed by atoms with Gasteiger partial charge in [0.1, 0.15) is 0 Å². The van der Waals surface area contributed by atoms with E-state index >= 15 is 0 Å². The fraction of sp³-hybridized carbons (Fsp3) is 0.182. The van der Waals surface area contributed by atoms with E-state index in [0.717, 1.165) is 6.42 Å². The molecule has 1 N–H and O–H groups in total. The Morgan fingerprint density at radius 3 is 1.41 bits per heavy atom. The van der Waals surface area contributed by atoms with Crippen molar-refractivity contribution < 1.29 is 34.4 Å². The van der Waals surface area contributed by atoms with Crippen LogP contribution in [-0.4, -0.2) is 11.6 Å². The summed E-state index contributed by atoms with van der Waals surface area (Å²) >= 11 is 1.27. The topological polar surface area (TPSA) is 69.9 Å². The maximum absolute atomic E-state index is 10.3. The number of allylic oxidation sites excluding steroid dienone is 4. The van der Waals surface area contributed by atoms with Crippen LogP contribution in [0.25, 0.3) is 5.40 Å². The van der Waals surface area contributed by atoms with E-state index in [0.29, 0.717) is 0 Å². The van der Waals surface area contributed by atoms with E-state index in [4.69, 9.17) is 5.40 Å². The van der Waals surface area contributed by atoms with Gasteiger partial charge in [0.25, 0.3) is 0 Å². The molecular formula is C22H27NO2SiZr-2. The molecule has 0 radical (unpaired) electrons. The van der Waals surface area contributed by atoms with E-state index in [1.165, 1.54) is 48.5 Å². The number of hydrogen-bond acceptors (Lipinski definition) is 2. The van der Waals surface area contributed by atoms with Crippen LogP contribution in [0.5, 0.6) is 11.5 Å². The van der Waals surface area contributed by atoms with Gasteiger partial charge in [0.05, 0.1) is 0 Å². The number of hydrogen-bond donors (Lipinski definition) is 0. The van der Waals surface area contributed by atoms with Crippen LogP contribution in [0.15, 0.2) is 85.5 Å². The molecule has 5 heteroatoms. The molecule has 0 amide bonds. The van der Waals surface area contributed by atoms with Gasteiger partial charge in [-0.1, -0.05) is 88.5 Å². The van der Waals surface area contributed by atoms with Crippen molar-refractivity contribution in [1.82, 2.24) is 0 Å². The minimum atomic E-state index is -1.36. The Bertz CT molecular complexity index is 606. The van der Waals surface area contributed by atoms with Gasteiger partial charge in [-0.05, 0) is 0 Å². The molecule has 0 unspecified atom stereocenters. The van der Waals surface area contributed by atoms with Crippen molar-refractivity contribution >= 4 is 11.6 Å². The average molecular weight is 457 g/mol. The maximum Gasteiger partial charge on any atom is -0.0623 e. The first-order valence-corrected chi connectivity index (χ1v) is 13.0. The predicted octanol–water partition coefficient (Wildman–Crippen LogP) is 4.82. The second-order valence-electron chi connectivity index (χ2n) is 6.06. The van der Waals surface area contributed by atoms with E-state index in [1.807, 2.05) is 43.9 Å². The summed E-state index contributed by atoms with van der Waals surface area (Å²) in [5.74, 6) is 0.144. The summed E-state index contributed by atoms with van der Waals surface area (Å²) in [6.45, 7) is 9.26. The molecule has 0 aromatic heterocycles. The minimum absolute atomic E-state index is 0.0718. The molecule has 0 atom stereocenters. The Balaban J connectivity index is 0. The summed E-state index contributed by atoms with van der Waals surface area (Å²) < 4.78 is 2.59. The van der Waals surface area contributed by atoms with E-state index in [1.54, 1.807) is 24.3 Å². The first-order valence-electron chi connectivity index (χ1n) is 8.30. The molecule has 3 rings (SSSR count). The fourth-order valence-corrected chi connectivity index (χ4v) is 1.18. The number of rotatable bonds is 0. The molecule has 0 spiro atoms. The van der Waals surface area contributed by atoms with Crippen LogP contribution in [0.3, 0.4) is 0 Å². The summed E-state index contributed by atoms with van der Waals surface area (Å²) in [5, 5.41) is 27.6. The molecule has 0 bridgehead atoms. The van der Waals surface area contributed by atoms with Gasteiger partial charge in [0.15, 0.2) is 0 Å². The molecule has 0 fully saturated rings. The molecule has 0 saturated heterocycles. The minimum Gasteiger partial charge on any atom is -0.872 e. The van der Waals surface area contributed by atoms with E-state index in [2.05, 4.69) is 22.1 Å². The largest absolute Gasteiger partial charge is 0.872 e. The predicted molar refractivity (Wildman–Crippen MR) is 112 cm³/mol. The van der Waals surface area contributed by atoms with Crippen molar-refractivity contribution in [2.75, 3.05) is 0 Å². The van der Waals surface area contributed by atoms with Crippen molar-refractivity contribution in [1.29, 1.82) is 0 Å². The van der Waals surface area contributed by atoms with Gasteiger partial charge in [-0.25, -0.2) is 12.2 Å². The van der Waals surface area contributed by atoms with Gasteiger partial charge >= 0.3 is 34.2 Å². The molecule has 2 aromatic rings. The molecule has 1 aliphatic carbocycles. The molecule has 0 aliphatic heterocycles. The Morgan fingerprint density at radius 1 is 0.963 bits per heavy atom. The van der Waals surface area contributed by atoms with Gasteiger partial charge in [0, 0.05) is 0 Å². The van der Waals surface area contributed by atoms with E-state index in [-0.39, 0.29) is 11.5 Å². The summed E-state index contributed by atoms with van der Waals surface area (Å²) in [5.41, 5.74) is 0. The van der Waals surface area contributed by atoms with E-state index in [9.17, 15) is 10.2 Å². The van der Waals surface area contributed by atoms with Crippen LogP contribution in [0.1, 0.15) is 6.42 Å². The summed E-state index contributed by atoms with van der Waals surface area (Å²) in [4.78, 5) is 0. The van der Waals surface area contributed by atoms with Crippen LogP contribution in [0.4, 0.5) is 0 Å². The Morgan fingerprint density at radius 2 is 1.30 bits per heavy atom. The molecule has 0 heterocycles. The third kappa shape index (κ3) is 32.4. The zero-order chi connectivity index (χ0) is 21.0. The normalized spacial score (nSPS) is 10.3. The molecular weight excluding hydrogens is 430 g/mol. The van der Waals surface area contributed by atoms with Gasteiger partial charge in [-0.3, -0.25) is 6.08 Å². The second-order valence-corrected chi connectivity index (χ2v) is 11.4. The molecule has 142 valence electrons. The summed E-state index contributed by atoms with van der Waals surface area (Å²) in [7, 11) is -1.36. The third-order valence-electron chi connectivity index (χ3n) is 2.07. The molecule has 3 nitrogen and oxygen atoms in total. The molecule has 2 aromatic carbocycles. The third-order valence-corrected chi connectivity index (χ3v) is 2.07. The Labute approximate surface area is 180 Å². The van der Waals surface area contributed by atoms with E-state index < -0.39 is 8.24 Å². The van der Waals surface area contributed by atoms with Gasteiger partial charge in [-0.2, -0.15) is 6.08 Å². The van der Waals surface area contributed by atoms with Gasteiger partial charge in [-0.15, -0.1) is 17.9 Å². The fourth-order valence-electron chi connectivity index (χ4n) is 1.18. The smallest absolute Gasteiger partial charge is 0.0623 e. The zero-order valence-electron chi connectivity index (χ0n) is 16.2. The van der Waals surface area contributed by atoms with Crippen molar-refractivity contribution in [3.8, 4) is 11.5 Å². The SMILES string of the molecule is C=[C]=[Zr+2].C[Si](C)(C)[NH-].[C-]1=CC=CC1.[O-]c1ccccc1.[O-]c1ccccc1. The molecule has 1 aliphatic rings. The standard InChI is InChI=1S/2C6H6O.C5H5.C3H10NSi.C2H2.Zr/c2*7-6-4-2-1-3-5-6;1-2-4-5-3-1;1-5(2,3)4;1-2;/h2*1-5,7H;1-3H,4H2;4H,1-3H3;1H2;/q;;2*-1;;+2/p-2. The van der Waals surface area contributed by atoms with Gasteiger partial charge < -0.3 is 15.6 Å². The number of para-hydroxylation sites is 2. The molecule has 0 saturated carbocycles. The van der Waals surface area contributed by atoms with Crippen molar-refractivity contribution in [3.63, 3.8) is 0 Å².